The van der Waals surface area contributed by atoms with Gasteiger partial charge in [-0.25, -0.2) is 0 Å². The van der Waals surface area contributed by atoms with Crippen molar-refractivity contribution in [2.75, 3.05) is 6.54 Å². The number of nitrogens with zero attached hydrogens (tertiary/aromatic N) is 1. The molecule has 1 aliphatic rings. The summed E-state index contributed by atoms with van der Waals surface area (Å²) in [6.45, 7) is 5.00. The van der Waals surface area contributed by atoms with Crippen LogP contribution in [-0.2, 0) is 6.42 Å². The Morgan fingerprint density at radius 2 is 2.40 bits per heavy atom. The smallest absolute Gasteiger partial charge is 0.144 e. The molecule has 1 atom stereocenters. The zero-order valence-corrected chi connectivity index (χ0v) is 13.2. The molecule has 0 radical (unpaired) electrons. The summed E-state index contributed by atoms with van der Waals surface area (Å²) >= 11 is 1.88. The van der Waals surface area contributed by atoms with Crippen LogP contribution < -0.4 is 11.1 Å². The molecule has 0 saturated carbocycles. The Kier molecular flexibility index (Phi) is 5.05. The minimum Gasteiger partial charge on any atom is -0.409 e. The maximum Gasteiger partial charge on any atom is 0.144 e. The summed E-state index contributed by atoms with van der Waals surface area (Å²) in [6.07, 6.45) is 5.69. The number of fused-ring (bicyclic) bond motifs is 1. The number of aryl methyl sites for hydroxylation is 1. The molecule has 0 aliphatic heterocycles. The third kappa shape index (κ3) is 3.52. The molecule has 5 heteroatoms. The van der Waals surface area contributed by atoms with Crippen LogP contribution in [0.4, 0.5) is 0 Å². The zero-order chi connectivity index (χ0) is 14.6. The van der Waals surface area contributed by atoms with E-state index in [1.54, 1.807) is 4.88 Å². The molecule has 1 aliphatic carbocycles. The van der Waals surface area contributed by atoms with Crippen molar-refractivity contribution in [3.05, 3.63) is 21.9 Å². The van der Waals surface area contributed by atoms with Crippen LogP contribution in [0.1, 0.15) is 56.0 Å². The summed E-state index contributed by atoms with van der Waals surface area (Å²) in [4.78, 5) is 1.55. The number of oxime groups is 1. The highest BCUT2D eigenvalue weighted by Gasteiger charge is 2.24. The summed E-state index contributed by atoms with van der Waals surface area (Å²) in [5.41, 5.74) is 6.96. The minimum atomic E-state index is -0.240. The summed E-state index contributed by atoms with van der Waals surface area (Å²) < 4.78 is 0. The molecule has 1 heterocycles. The molecule has 0 saturated heterocycles. The molecule has 4 N–H and O–H groups in total. The molecule has 1 aromatic heterocycles. The monoisotopic (exact) mass is 295 g/mol. The molecule has 4 nitrogen and oxygen atoms in total. The lowest BCUT2D eigenvalue weighted by atomic mass is 9.86. The Bertz CT molecular complexity index is 467. The van der Waals surface area contributed by atoms with Gasteiger partial charge in [0, 0.05) is 16.3 Å². The predicted molar refractivity (Wildman–Crippen MR) is 84.4 cm³/mol. The maximum absolute atomic E-state index is 8.76. The van der Waals surface area contributed by atoms with E-state index >= 15 is 0 Å². The Morgan fingerprint density at radius 1 is 1.60 bits per heavy atom. The van der Waals surface area contributed by atoms with E-state index in [1.807, 2.05) is 25.2 Å². The third-order valence-electron chi connectivity index (χ3n) is 4.22. The molecule has 112 valence electrons. The molecule has 1 unspecified atom stereocenters. The van der Waals surface area contributed by atoms with Gasteiger partial charge in [0.2, 0.25) is 0 Å². The van der Waals surface area contributed by atoms with Gasteiger partial charge in [0.1, 0.15) is 5.84 Å². The maximum atomic E-state index is 8.76. The molecule has 0 aromatic carbocycles. The Labute approximate surface area is 125 Å². The number of hydrogen-bond donors (Lipinski definition) is 3. The van der Waals surface area contributed by atoms with Crippen molar-refractivity contribution in [2.24, 2.45) is 16.3 Å². The van der Waals surface area contributed by atoms with Gasteiger partial charge in [0.25, 0.3) is 0 Å². The minimum absolute atomic E-state index is 0.240. The molecule has 0 amide bonds. The first-order chi connectivity index (χ1) is 9.54. The Hall–Kier alpha value is -1.07. The van der Waals surface area contributed by atoms with Gasteiger partial charge in [-0.15, -0.1) is 11.3 Å². The highest BCUT2D eigenvalue weighted by molar-refractivity contribution is 7.10. The summed E-state index contributed by atoms with van der Waals surface area (Å²) in [5, 5.41) is 17.7. The van der Waals surface area contributed by atoms with Crippen LogP contribution in [0.15, 0.2) is 16.6 Å². The van der Waals surface area contributed by atoms with E-state index in [0.717, 1.165) is 19.4 Å². The van der Waals surface area contributed by atoms with Gasteiger partial charge < -0.3 is 16.3 Å². The molecular weight excluding hydrogens is 270 g/mol. The molecule has 0 bridgehead atoms. The molecule has 0 spiro atoms. The SMILES string of the molecule is CC(C)(CCCNC1CCCc2sccc21)C(N)=NO. The van der Waals surface area contributed by atoms with Gasteiger partial charge in [0.05, 0.1) is 0 Å². The number of thiophene rings is 1. The number of amidine groups is 1. The van der Waals surface area contributed by atoms with Crippen molar-refractivity contribution in [3.8, 4) is 0 Å². The first-order valence-corrected chi connectivity index (χ1v) is 8.20. The van der Waals surface area contributed by atoms with Crippen molar-refractivity contribution in [2.45, 2.75) is 52.0 Å². The number of nitrogens with one attached hydrogen (secondary N) is 1. The van der Waals surface area contributed by atoms with Crippen LogP contribution in [0.3, 0.4) is 0 Å². The normalized spacial score (nSPS) is 19.9. The predicted octanol–water partition coefficient (Wildman–Crippen LogP) is 3.27. The van der Waals surface area contributed by atoms with Crippen LogP contribution in [0.5, 0.6) is 0 Å². The quantitative estimate of drug-likeness (QED) is 0.248. The number of nitrogens with two attached hydrogens (primary N) is 1. The van der Waals surface area contributed by atoms with Gasteiger partial charge in [-0.3, -0.25) is 0 Å². The van der Waals surface area contributed by atoms with Crippen molar-refractivity contribution < 1.29 is 5.21 Å². The number of hydrogen-bond acceptors (Lipinski definition) is 4. The summed E-state index contributed by atoms with van der Waals surface area (Å²) in [6, 6.07) is 2.77. The number of rotatable bonds is 6. The second-order valence-electron chi connectivity index (χ2n) is 6.17. The topological polar surface area (TPSA) is 70.6 Å². The van der Waals surface area contributed by atoms with E-state index in [1.165, 1.54) is 24.8 Å². The zero-order valence-electron chi connectivity index (χ0n) is 12.4. The molecule has 2 rings (SSSR count). The van der Waals surface area contributed by atoms with E-state index in [9.17, 15) is 0 Å². The van der Waals surface area contributed by atoms with E-state index in [4.69, 9.17) is 10.9 Å². The molecular formula is C15H25N3OS. The molecule has 20 heavy (non-hydrogen) atoms. The standard InChI is InChI=1S/C15H25N3OS/c1-15(2,14(16)18-19)8-4-9-17-12-5-3-6-13-11(12)7-10-20-13/h7,10,12,17,19H,3-6,8-9H2,1-2H3,(H2,16,18). The molecule has 0 fully saturated rings. The highest BCUT2D eigenvalue weighted by atomic mass is 32.1. The van der Waals surface area contributed by atoms with Crippen LogP contribution in [0.2, 0.25) is 0 Å². The average Bonchev–Trinajstić information content (AvgIpc) is 2.91. The molecule has 1 aromatic rings. The van der Waals surface area contributed by atoms with Crippen LogP contribution in [-0.4, -0.2) is 17.6 Å². The van der Waals surface area contributed by atoms with E-state index < -0.39 is 0 Å². The lowest BCUT2D eigenvalue weighted by Gasteiger charge is -2.26. The third-order valence-corrected chi connectivity index (χ3v) is 5.22. The lowest BCUT2D eigenvalue weighted by Crippen LogP contribution is -2.33. The fraction of sp³-hybridized carbons (Fsp3) is 0.667. The fourth-order valence-electron chi connectivity index (χ4n) is 2.77. The van der Waals surface area contributed by atoms with Crippen molar-refractivity contribution in [3.63, 3.8) is 0 Å². The van der Waals surface area contributed by atoms with Gasteiger partial charge in [-0.05, 0) is 55.7 Å². The van der Waals surface area contributed by atoms with Gasteiger partial charge in [-0.2, -0.15) is 0 Å². The van der Waals surface area contributed by atoms with Crippen LogP contribution in [0, 0.1) is 5.41 Å². The first kappa shape index (κ1) is 15.3. The van der Waals surface area contributed by atoms with Crippen LogP contribution in [0.25, 0.3) is 0 Å². The largest absolute Gasteiger partial charge is 0.409 e. The second-order valence-corrected chi connectivity index (χ2v) is 7.17. The van der Waals surface area contributed by atoms with E-state index in [-0.39, 0.29) is 5.41 Å². The Morgan fingerprint density at radius 3 is 3.15 bits per heavy atom. The fourth-order valence-corrected chi connectivity index (χ4v) is 3.76. The Balaban J connectivity index is 1.78. The lowest BCUT2D eigenvalue weighted by molar-refractivity contribution is 0.304. The highest BCUT2D eigenvalue weighted by Crippen LogP contribution is 2.33. The van der Waals surface area contributed by atoms with Gasteiger partial charge >= 0.3 is 0 Å². The average molecular weight is 295 g/mol. The van der Waals surface area contributed by atoms with Gasteiger partial charge in [-0.1, -0.05) is 19.0 Å². The first-order valence-electron chi connectivity index (χ1n) is 7.32. The summed E-state index contributed by atoms with van der Waals surface area (Å²) in [5.74, 6) is 0.315. The van der Waals surface area contributed by atoms with E-state index in [2.05, 4.69) is 21.9 Å². The van der Waals surface area contributed by atoms with Crippen molar-refractivity contribution >= 4 is 17.2 Å². The van der Waals surface area contributed by atoms with Crippen LogP contribution >= 0.6 is 11.3 Å². The van der Waals surface area contributed by atoms with Crippen molar-refractivity contribution in [1.82, 2.24) is 5.32 Å². The summed E-state index contributed by atoms with van der Waals surface area (Å²) in [7, 11) is 0. The second kappa shape index (κ2) is 6.59. The van der Waals surface area contributed by atoms with E-state index in [0.29, 0.717) is 11.9 Å². The van der Waals surface area contributed by atoms with Crippen molar-refractivity contribution in [1.29, 1.82) is 0 Å². The van der Waals surface area contributed by atoms with Gasteiger partial charge in [0.15, 0.2) is 0 Å².